The van der Waals surface area contributed by atoms with Crippen LogP contribution in [0.4, 0.5) is 11.4 Å². The number of rotatable bonds is 3. The van der Waals surface area contributed by atoms with E-state index in [0.29, 0.717) is 12.3 Å². The Morgan fingerprint density at radius 1 is 1.20 bits per heavy atom. The maximum Gasteiger partial charge on any atom is 0.276 e. The topological polar surface area (TPSA) is 59.4 Å². The molecule has 0 saturated heterocycles. The Balaban J connectivity index is 1.63. The molecule has 1 N–H and O–H groups in total. The number of benzene rings is 2. The van der Waals surface area contributed by atoms with Crippen LogP contribution in [0.25, 0.3) is 5.69 Å². The molecule has 0 spiro atoms. The lowest BCUT2D eigenvalue weighted by Crippen LogP contribution is -2.19. The molecule has 4 rings (SSSR count). The zero-order chi connectivity index (χ0) is 17.4. The van der Waals surface area contributed by atoms with Gasteiger partial charge in [0.1, 0.15) is 18.7 Å². The van der Waals surface area contributed by atoms with Gasteiger partial charge in [-0.15, -0.1) is 0 Å². The van der Waals surface area contributed by atoms with Gasteiger partial charge in [0.2, 0.25) is 0 Å². The Kier molecular flexibility index (Phi) is 3.65. The molecule has 126 valence electrons. The Hall–Kier alpha value is -3.28. The van der Waals surface area contributed by atoms with Gasteiger partial charge in [0, 0.05) is 25.5 Å². The Bertz CT molecular complexity index is 946. The molecule has 0 atom stereocenters. The van der Waals surface area contributed by atoms with Gasteiger partial charge in [-0.05, 0) is 30.3 Å². The summed E-state index contributed by atoms with van der Waals surface area (Å²) in [6, 6.07) is 15.4. The number of carbonyl (C=O) groups is 1. The van der Waals surface area contributed by atoms with Crippen molar-refractivity contribution in [1.82, 2.24) is 9.55 Å². The highest BCUT2D eigenvalue weighted by Gasteiger charge is 2.24. The zero-order valence-electron chi connectivity index (χ0n) is 14.1. The van der Waals surface area contributed by atoms with Crippen LogP contribution in [0.5, 0.6) is 5.75 Å². The van der Waals surface area contributed by atoms with Crippen molar-refractivity contribution < 1.29 is 9.53 Å². The van der Waals surface area contributed by atoms with E-state index in [2.05, 4.69) is 10.3 Å². The van der Waals surface area contributed by atoms with E-state index in [1.807, 2.05) is 72.1 Å². The molecule has 0 unspecified atom stereocenters. The molecule has 0 bridgehead atoms. The lowest BCUT2D eigenvalue weighted by Gasteiger charge is -2.20. The van der Waals surface area contributed by atoms with Gasteiger partial charge in [0.15, 0.2) is 5.69 Å². The summed E-state index contributed by atoms with van der Waals surface area (Å²) in [5, 5.41) is 2.92. The van der Waals surface area contributed by atoms with Crippen molar-refractivity contribution in [2.75, 3.05) is 24.3 Å². The average Bonchev–Trinajstić information content (AvgIpc) is 3.06. The lowest BCUT2D eigenvalue weighted by atomic mass is 10.2. The van der Waals surface area contributed by atoms with Crippen molar-refractivity contribution in [3.63, 3.8) is 0 Å². The highest BCUT2D eigenvalue weighted by atomic mass is 16.5. The molecular formula is C19H18N4O2. The van der Waals surface area contributed by atoms with E-state index in [-0.39, 0.29) is 5.91 Å². The second-order valence-electron chi connectivity index (χ2n) is 6.07. The molecule has 0 aliphatic carbocycles. The Morgan fingerprint density at radius 2 is 2.04 bits per heavy atom. The minimum Gasteiger partial charge on any atom is -0.485 e. The van der Waals surface area contributed by atoms with Crippen molar-refractivity contribution in [2.24, 2.45) is 0 Å². The molecule has 25 heavy (non-hydrogen) atoms. The third kappa shape index (κ3) is 2.71. The fourth-order valence-corrected chi connectivity index (χ4v) is 2.89. The minimum atomic E-state index is -0.243. The smallest absolute Gasteiger partial charge is 0.276 e. The number of nitrogens with zero attached hydrogens (tertiary/aromatic N) is 3. The van der Waals surface area contributed by atoms with E-state index in [1.165, 1.54) is 0 Å². The standard InChI is InChI=1S/C19H18N4O2/c1-22(2)14-7-5-6-13(10-14)21-19(24)18-16-11-25-17-9-4-3-8-15(17)23(16)12-20-18/h3-10,12H,11H2,1-2H3,(H,21,24). The molecule has 3 aromatic rings. The number of imidazole rings is 1. The van der Waals surface area contributed by atoms with Gasteiger partial charge >= 0.3 is 0 Å². The van der Waals surface area contributed by atoms with Crippen LogP contribution in [-0.4, -0.2) is 29.6 Å². The van der Waals surface area contributed by atoms with Crippen LogP contribution in [0.15, 0.2) is 54.9 Å². The van der Waals surface area contributed by atoms with Crippen molar-refractivity contribution in [1.29, 1.82) is 0 Å². The summed E-state index contributed by atoms with van der Waals surface area (Å²) < 4.78 is 7.66. The second kappa shape index (κ2) is 5.98. The first-order valence-electron chi connectivity index (χ1n) is 8.00. The molecule has 2 aromatic carbocycles. The number of fused-ring (bicyclic) bond motifs is 3. The normalized spacial score (nSPS) is 11.9. The molecule has 2 heterocycles. The largest absolute Gasteiger partial charge is 0.485 e. The first-order valence-corrected chi connectivity index (χ1v) is 8.00. The monoisotopic (exact) mass is 334 g/mol. The maximum absolute atomic E-state index is 12.7. The number of hydrogen-bond donors (Lipinski definition) is 1. The van der Waals surface area contributed by atoms with Crippen molar-refractivity contribution in [3.8, 4) is 11.4 Å². The summed E-state index contributed by atoms with van der Waals surface area (Å²) in [6.07, 6.45) is 1.67. The van der Waals surface area contributed by atoms with E-state index in [0.717, 1.165) is 28.5 Å². The molecule has 1 aliphatic heterocycles. The van der Waals surface area contributed by atoms with Gasteiger partial charge in [-0.25, -0.2) is 4.98 Å². The third-order valence-corrected chi connectivity index (χ3v) is 4.19. The van der Waals surface area contributed by atoms with E-state index in [9.17, 15) is 4.79 Å². The average molecular weight is 334 g/mol. The molecule has 0 saturated carbocycles. The van der Waals surface area contributed by atoms with Crippen LogP contribution in [0.1, 0.15) is 16.2 Å². The van der Waals surface area contributed by atoms with Crippen molar-refractivity contribution >= 4 is 17.3 Å². The first-order chi connectivity index (χ1) is 12.1. The summed E-state index contributed by atoms with van der Waals surface area (Å²) >= 11 is 0. The molecule has 1 aliphatic rings. The molecule has 6 nitrogen and oxygen atoms in total. The van der Waals surface area contributed by atoms with Gasteiger partial charge in [0.05, 0.1) is 11.4 Å². The maximum atomic E-state index is 12.7. The number of carbonyl (C=O) groups excluding carboxylic acids is 1. The van der Waals surface area contributed by atoms with Crippen molar-refractivity contribution in [2.45, 2.75) is 6.61 Å². The number of aromatic nitrogens is 2. The molecule has 1 aromatic heterocycles. The fourth-order valence-electron chi connectivity index (χ4n) is 2.89. The molecular weight excluding hydrogens is 316 g/mol. The summed E-state index contributed by atoms with van der Waals surface area (Å²) in [5.41, 5.74) is 3.77. The molecule has 1 amide bonds. The van der Waals surface area contributed by atoms with Crippen LogP contribution >= 0.6 is 0 Å². The number of ether oxygens (including phenoxy) is 1. The van der Waals surface area contributed by atoms with Crippen LogP contribution in [-0.2, 0) is 6.61 Å². The molecule has 0 fully saturated rings. The number of hydrogen-bond acceptors (Lipinski definition) is 4. The zero-order valence-corrected chi connectivity index (χ0v) is 14.1. The highest BCUT2D eigenvalue weighted by Crippen LogP contribution is 2.30. The number of para-hydroxylation sites is 2. The quantitative estimate of drug-likeness (QED) is 0.800. The second-order valence-corrected chi connectivity index (χ2v) is 6.07. The number of nitrogens with one attached hydrogen (secondary N) is 1. The summed E-state index contributed by atoms with van der Waals surface area (Å²) in [5.74, 6) is 0.547. The van der Waals surface area contributed by atoms with Crippen LogP contribution in [0, 0.1) is 0 Å². The van der Waals surface area contributed by atoms with Gasteiger partial charge in [-0.1, -0.05) is 18.2 Å². The van der Waals surface area contributed by atoms with Gasteiger partial charge in [-0.2, -0.15) is 0 Å². The van der Waals surface area contributed by atoms with Gasteiger partial charge < -0.3 is 15.0 Å². The molecule has 0 radical (unpaired) electrons. The van der Waals surface area contributed by atoms with E-state index < -0.39 is 0 Å². The minimum absolute atomic E-state index is 0.243. The summed E-state index contributed by atoms with van der Waals surface area (Å²) in [7, 11) is 3.92. The third-order valence-electron chi connectivity index (χ3n) is 4.19. The Labute approximate surface area is 145 Å². The fraction of sp³-hybridized carbons (Fsp3) is 0.158. The predicted octanol–water partition coefficient (Wildman–Crippen LogP) is 3.08. The number of anilines is 2. The Morgan fingerprint density at radius 3 is 2.88 bits per heavy atom. The van der Waals surface area contributed by atoms with E-state index in [1.54, 1.807) is 6.33 Å². The van der Waals surface area contributed by atoms with Crippen molar-refractivity contribution in [3.05, 3.63) is 66.2 Å². The highest BCUT2D eigenvalue weighted by molar-refractivity contribution is 6.04. The van der Waals surface area contributed by atoms with Crippen LogP contribution in [0.2, 0.25) is 0 Å². The van der Waals surface area contributed by atoms with E-state index >= 15 is 0 Å². The predicted molar refractivity (Wildman–Crippen MR) is 96.6 cm³/mol. The number of amides is 1. The van der Waals surface area contributed by atoms with Gasteiger partial charge in [0.25, 0.3) is 5.91 Å². The summed E-state index contributed by atoms with van der Waals surface area (Å²) in [4.78, 5) is 19.0. The van der Waals surface area contributed by atoms with Crippen LogP contribution < -0.4 is 15.0 Å². The van der Waals surface area contributed by atoms with Crippen LogP contribution in [0.3, 0.4) is 0 Å². The SMILES string of the molecule is CN(C)c1cccc(NC(=O)c2ncn3c2COc2ccccc2-3)c1. The first kappa shape index (κ1) is 15.3. The summed E-state index contributed by atoms with van der Waals surface area (Å²) in [6.45, 7) is 0.317. The lowest BCUT2D eigenvalue weighted by molar-refractivity contribution is 0.101. The van der Waals surface area contributed by atoms with E-state index in [4.69, 9.17) is 4.74 Å². The van der Waals surface area contributed by atoms with Gasteiger partial charge in [-0.3, -0.25) is 9.36 Å². The molecule has 6 heteroatoms.